The third-order valence-electron chi connectivity index (χ3n) is 7.12. The van der Waals surface area contributed by atoms with Crippen molar-refractivity contribution in [2.24, 2.45) is 0 Å². The average Bonchev–Trinajstić information content (AvgIpc) is 3.56. The van der Waals surface area contributed by atoms with Gasteiger partial charge >= 0.3 is 5.91 Å². The predicted molar refractivity (Wildman–Crippen MR) is 152 cm³/mol. The standard InChI is InChI=1S/C31H28N2O5S/c1-5-37-22-8-6-7-19(15-22)27-25(28(34)20-9-10-23-21(14-20)13-18(4)38-23)29(35)30(36)33(27)31-32-26-17(3)11-16(2)12-24(26)39-31/h6-12,14-15,18,27,34H,5,13H2,1-4H3/b28-25+/t18-,27-/m0/s1. The number of benzene rings is 3. The van der Waals surface area contributed by atoms with Gasteiger partial charge in [-0.25, -0.2) is 4.98 Å². The summed E-state index contributed by atoms with van der Waals surface area (Å²) in [6.07, 6.45) is 0.741. The number of carbonyl (C=O) groups is 2. The van der Waals surface area contributed by atoms with Crippen LogP contribution in [0.15, 0.2) is 60.2 Å². The molecule has 3 heterocycles. The number of carbonyl (C=O) groups excluding carboxylic acids is 2. The number of aliphatic hydroxyl groups is 1. The van der Waals surface area contributed by atoms with Gasteiger partial charge < -0.3 is 14.6 Å². The Morgan fingerprint density at radius 2 is 1.97 bits per heavy atom. The zero-order valence-electron chi connectivity index (χ0n) is 22.1. The fraction of sp³-hybridized carbons (Fsp3) is 0.258. The Labute approximate surface area is 230 Å². The summed E-state index contributed by atoms with van der Waals surface area (Å²) in [6, 6.07) is 15.8. The topological polar surface area (TPSA) is 89.0 Å². The zero-order valence-corrected chi connectivity index (χ0v) is 23.0. The largest absolute Gasteiger partial charge is 0.507 e. The van der Waals surface area contributed by atoms with E-state index in [-0.39, 0.29) is 17.4 Å². The van der Waals surface area contributed by atoms with Crippen LogP contribution in [-0.4, -0.2) is 34.5 Å². The monoisotopic (exact) mass is 540 g/mol. The Hall–Kier alpha value is -4.17. The molecule has 1 aromatic heterocycles. The van der Waals surface area contributed by atoms with Crippen molar-refractivity contribution in [1.29, 1.82) is 0 Å². The third kappa shape index (κ3) is 4.25. The molecule has 8 heteroatoms. The number of aromatic nitrogens is 1. The van der Waals surface area contributed by atoms with Crippen molar-refractivity contribution in [3.63, 3.8) is 0 Å². The molecule has 2 atom stereocenters. The first kappa shape index (κ1) is 25.1. The molecule has 4 aromatic rings. The highest BCUT2D eigenvalue weighted by Gasteiger charge is 2.48. The zero-order chi connectivity index (χ0) is 27.4. The Bertz CT molecular complexity index is 1690. The van der Waals surface area contributed by atoms with Crippen LogP contribution < -0.4 is 14.4 Å². The van der Waals surface area contributed by atoms with Gasteiger partial charge in [-0.15, -0.1) is 0 Å². The lowest BCUT2D eigenvalue weighted by atomic mass is 9.94. The Balaban J connectivity index is 1.55. The molecule has 3 aromatic carbocycles. The summed E-state index contributed by atoms with van der Waals surface area (Å²) in [4.78, 5) is 33.5. The number of ketones is 1. The van der Waals surface area contributed by atoms with Crippen LogP contribution in [0.1, 0.15) is 47.7 Å². The van der Waals surface area contributed by atoms with Gasteiger partial charge in [0.25, 0.3) is 5.78 Å². The average molecular weight is 541 g/mol. The van der Waals surface area contributed by atoms with Gasteiger partial charge in [0, 0.05) is 12.0 Å². The van der Waals surface area contributed by atoms with E-state index in [2.05, 4.69) is 0 Å². The summed E-state index contributed by atoms with van der Waals surface area (Å²) in [6.45, 7) is 8.34. The number of rotatable bonds is 5. The summed E-state index contributed by atoms with van der Waals surface area (Å²) >= 11 is 1.36. The second-order valence-electron chi connectivity index (χ2n) is 10.1. The smallest absolute Gasteiger partial charge is 0.301 e. The van der Waals surface area contributed by atoms with Crippen LogP contribution in [0, 0.1) is 13.8 Å². The maximum Gasteiger partial charge on any atom is 0.301 e. The fourth-order valence-electron chi connectivity index (χ4n) is 5.47. The van der Waals surface area contributed by atoms with E-state index in [1.54, 1.807) is 18.2 Å². The van der Waals surface area contributed by atoms with Gasteiger partial charge in [0.1, 0.15) is 23.4 Å². The van der Waals surface area contributed by atoms with Crippen LogP contribution in [0.25, 0.3) is 16.0 Å². The molecule has 1 fully saturated rings. The normalized spacial score (nSPS) is 19.9. The van der Waals surface area contributed by atoms with Gasteiger partial charge in [-0.1, -0.05) is 29.5 Å². The van der Waals surface area contributed by atoms with Crippen LogP contribution in [0.4, 0.5) is 5.13 Å². The number of hydrogen-bond acceptors (Lipinski definition) is 7. The first-order valence-corrected chi connectivity index (χ1v) is 13.8. The number of hydrogen-bond donors (Lipinski definition) is 1. The molecule has 0 spiro atoms. The molecule has 39 heavy (non-hydrogen) atoms. The third-order valence-corrected chi connectivity index (χ3v) is 8.13. The molecule has 0 saturated carbocycles. The van der Waals surface area contributed by atoms with E-state index in [1.807, 2.05) is 64.1 Å². The number of thiazole rings is 1. The van der Waals surface area contributed by atoms with E-state index in [0.717, 1.165) is 32.7 Å². The number of fused-ring (bicyclic) bond motifs is 2. The number of ether oxygens (including phenoxy) is 2. The first-order chi connectivity index (χ1) is 18.7. The molecule has 1 N–H and O–H groups in total. The van der Waals surface area contributed by atoms with Gasteiger partial charge in [0.2, 0.25) is 0 Å². The van der Waals surface area contributed by atoms with Crippen molar-refractivity contribution in [3.8, 4) is 11.5 Å². The highest BCUT2D eigenvalue weighted by atomic mass is 32.1. The molecule has 0 bridgehead atoms. The van der Waals surface area contributed by atoms with Crippen molar-refractivity contribution in [2.45, 2.75) is 46.3 Å². The number of aliphatic hydroxyl groups excluding tert-OH is 1. The lowest BCUT2D eigenvalue weighted by molar-refractivity contribution is -0.132. The quantitative estimate of drug-likeness (QED) is 0.183. The molecule has 7 nitrogen and oxygen atoms in total. The van der Waals surface area contributed by atoms with Crippen molar-refractivity contribution in [2.75, 3.05) is 11.5 Å². The van der Waals surface area contributed by atoms with Gasteiger partial charge in [-0.05, 0) is 86.3 Å². The van der Waals surface area contributed by atoms with E-state index in [1.165, 1.54) is 16.2 Å². The first-order valence-electron chi connectivity index (χ1n) is 13.0. The molecule has 0 radical (unpaired) electrons. The number of aryl methyl sites for hydroxylation is 2. The second kappa shape index (κ2) is 9.54. The molecular weight excluding hydrogens is 512 g/mol. The van der Waals surface area contributed by atoms with Crippen LogP contribution in [0.3, 0.4) is 0 Å². The lowest BCUT2D eigenvalue weighted by Crippen LogP contribution is -2.29. The van der Waals surface area contributed by atoms with Crippen molar-refractivity contribution >= 4 is 44.1 Å². The fourth-order valence-corrected chi connectivity index (χ4v) is 6.64. The lowest BCUT2D eigenvalue weighted by Gasteiger charge is -2.23. The summed E-state index contributed by atoms with van der Waals surface area (Å²) in [7, 11) is 0. The minimum Gasteiger partial charge on any atom is -0.507 e. The molecule has 2 aliphatic rings. The van der Waals surface area contributed by atoms with Gasteiger partial charge in [0.15, 0.2) is 5.13 Å². The second-order valence-corrected chi connectivity index (χ2v) is 11.1. The van der Waals surface area contributed by atoms with Crippen molar-refractivity contribution in [3.05, 3.63) is 88.0 Å². The highest BCUT2D eigenvalue weighted by Crippen LogP contribution is 2.45. The van der Waals surface area contributed by atoms with Crippen LogP contribution >= 0.6 is 11.3 Å². The molecule has 198 valence electrons. The van der Waals surface area contributed by atoms with E-state index in [4.69, 9.17) is 14.5 Å². The predicted octanol–water partition coefficient (Wildman–Crippen LogP) is 6.26. The summed E-state index contributed by atoms with van der Waals surface area (Å²) in [5, 5.41) is 12.0. The summed E-state index contributed by atoms with van der Waals surface area (Å²) < 4.78 is 12.5. The van der Waals surface area contributed by atoms with Crippen LogP contribution in [0.5, 0.6) is 11.5 Å². The summed E-state index contributed by atoms with van der Waals surface area (Å²) in [5.41, 5.74) is 4.96. The van der Waals surface area contributed by atoms with Gasteiger partial charge in [-0.2, -0.15) is 0 Å². The van der Waals surface area contributed by atoms with Crippen molar-refractivity contribution < 1.29 is 24.2 Å². The SMILES string of the molecule is CCOc1cccc([C@H]2/C(=C(\O)c3ccc4c(c3)C[C@H](C)O4)C(=O)C(=O)N2c2nc3c(C)cc(C)cc3s2)c1. The number of nitrogens with zero attached hydrogens (tertiary/aromatic N) is 2. The Morgan fingerprint density at radius 1 is 1.15 bits per heavy atom. The molecule has 6 rings (SSSR count). The molecule has 1 amide bonds. The van der Waals surface area contributed by atoms with Crippen LogP contribution in [-0.2, 0) is 16.0 Å². The van der Waals surface area contributed by atoms with Crippen LogP contribution in [0.2, 0.25) is 0 Å². The maximum atomic E-state index is 13.7. The van der Waals surface area contributed by atoms with Crippen molar-refractivity contribution in [1.82, 2.24) is 4.98 Å². The molecule has 1 saturated heterocycles. The summed E-state index contributed by atoms with van der Waals surface area (Å²) in [5.74, 6) is -0.328. The van der Waals surface area contributed by atoms with Gasteiger partial charge in [0.05, 0.1) is 28.4 Å². The number of amides is 1. The molecule has 0 unspecified atom stereocenters. The molecular formula is C31H28N2O5S. The minimum atomic E-state index is -0.879. The molecule has 2 aliphatic heterocycles. The number of Topliss-reactive ketones (excluding diaryl/α,β-unsaturated/α-hetero) is 1. The van der Waals surface area contributed by atoms with Gasteiger partial charge in [-0.3, -0.25) is 14.5 Å². The van der Waals surface area contributed by atoms with E-state index in [0.29, 0.717) is 35.0 Å². The molecule has 0 aliphatic carbocycles. The Kier molecular flexibility index (Phi) is 6.14. The minimum absolute atomic E-state index is 0.0210. The van der Waals surface area contributed by atoms with E-state index in [9.17, 15) is 14.7 Å². The Morgan fingerprint density at radius 3 is 2.77 bits per heavy atom. The maximum absolute atomic E-state index is 13.7. The number of anilines is 1. The highest BCUT2D eigenvalue weighted by molar-refractivity contribution is 7.22. The van der Waals surface area contributed by atoms with E-state index >= 15 is 0 Å². The van der Waals surface area contributed by atoms with E-state index < -0.39 is 17.7 Å².